The number of hydrogen-bond acceptors (Lipinski definition) is 7. The molecule has 1 aromatic heterocycles. The first-order valence-electron chi connectivity index (χ1n) is 8.57. The van der Waals surface area contributed by atoms with Crippen molar-refractivity contribution in [2.75, 3.05) is 24.3 Å². The summed E-state index contributed by atoms with van der Waals surface area (Å²) in [6.07, 6.45) is 1.68. The Morgan fingerprint density at radius 2 is 2.07 bits per heavy atom. The maximum atomic E-state index is 12.9. The molecule has 1 heterocycles. The third-order valence-corrected chi connectivity index (χ3v) is 4.92. The fourth-order valence-corrected chi connectivity index (χ4v) is 3.42. The number of non-ortho nitro benzene ring substituents is 1. The fourth-order valence-electron chi connectivity index (χ4n) is 2.53. The number of thiazole rings is 1. The molecule has 0 aliphatic rings. The van der Waals surface area contributed by atoms with Crippen molar-refractivity contribution < 1.29 is 14.5 Å². The van der Waals surface area contributed by atoms with Crippen LogP contribution in [0.3, 0.4) is 0 Å². The number of carbonyl (C=O) groups is 1. The summed E-state index contributed by atoms with van der Waals surface area (Å²) in [6.45, 7) is 4.15. The number of ether oxygens (including phenoxy) is 1. The van der Waals surface area contributed by atoms with Crippen molar-refractivity contribution in [3.63, 3.8) is 0 Å². The van der Waals surface area contributed by atoms with Crippen LogP contribution < -0.4 is 15.4 Å². The molecule has 3 aromatic rings. The molecule has 0 atom stereocenters. The second-order valence-electron chi connectivity index (χ2n) is 5.86. The minimum absolute atomic E-state index is 0.0311. The van der Waals surface area contributed by atoms with E-state index in [-0.39, 0.29) is 11.6 Å². The van der Waals surface area contributed by atoms with Crippen molar-refractivity contribution in [3.05, 3.63) is 76.2 Å². The van der Waals surface area contributed by atoms with E-state index in [1.807, 2.05) is 0 Å². The lowest BCUT2D eigenvalue weighted by Gasteiger charge is -2.07. The first-order chi connectivity index (χ1) is 14.0. The molecule has 0 aliphatic carbocycles. The highest BCUT2D eigenvalue weighted by atomic mass is 32.1. The maximum absolute atomic E-state index is 12.9. The normalized spacial score (nSPS) is 10.2. The summed E-state index contributed by atoms with van der Waals surface area (Å²) < 4.78 is 5.18. The molecule has 0 saturated heterocycles. The van der Waals surface area contributed by atoms with Crippen molar-refractivity contribution in [3.8, 4) is 17.0 Å². The van der Waals surface area contributed by atoms with Gasteiger partial charge in [-0.05, 0) is 24.3 Å². The Balaban J connectivity index is 1.94. The maximum Gasteiger partial charge on any atom is 0.269 e. The molecule has 0 spiro atoms. The molecule has 0 aliphatic heterocycles. The zero-order valence-electron chi connectivity index (χ0n) is 15.5. The fraction of sp³-hybridized carbons (Fsp3) is 0.100. The number of amides is 1. The van der Waals surface area contributed by atoms with Gasteiger partial charge >= 0.3 is 0 Å². The van der Waals surface area contributed by atoms with E-state index in [0.29, 0.717) is 39.2 Å². The van der Waals surface area contributed by atoms with E-state index in [1.165, 1.54) is 23.5 Å². The lowest BCUT2D eigenvalue weighted by Crippen LogP contribution is -2.11. The van der Waals surface area contributed by atoms with Gasteiger partial charge in [-0.25, -0.2) is 4.98 Å². The number of nitrogens with one attached hydrogen (secondary N) is 2. The molecule has 0 bridgehead atoms. The third-order valence-electron chi connectivity index (χ3n) is 3.91. The number of methoxy groups -OCH3 is 1. The van der Waals surface area contributed by atoms with Crippen LogP contribution >= 0.6 is 11.3 Å². The molecule has 29 heavy (non-hydrogen) atoms. The molecule has 0 radical (unpaired) electrons. The monoisotopic (exact) mass is 410 g/mol. The number of benzene rings is 2. The highest BCUT2D eigenvalue weighted by molar-refractivity contribution is 7.18. The van der Waals surface area contributed by atoms with E-state index in [1.54, 1.807) is 49.6 Å². The van der Waals surface area contributed by atoms with Gasteiger partial charge in [-0.15, -0.1) is 6.58 Å². The predicted octanol–water partition coefficient (Wildman–Crippen LogP) is 4.58. The average Bonchev–Trinajstić information content (AvgIpc) is 3.17. The number of nitro benzene ring substituents is 1. The Kier molecular flexibility index (Phi) is 6.20. The van der Waals surface area contributed by atoms with E-state index in [4.69, 9.17) is 4.74 Å². The predicted molar refractivity (Wildman–Crippen MR) is 114 cm³/mol. The number of carbonyl (C=O) groups excluding carboxylic acids is 1. The molecule has 8 nitrogen and oxygen atoms in total. The number of hydrogen-bond donors (Lipinski definition) is 2. The van der Waals surface area contributed by atoms with E-state index >= 15 is 0 Å². The first kappa shape index (κ1) is 20.0. The zero-order valence-corrected chi connectivity index (χ0v) is 16.4. The summed E-state index contributed by atoms with van der Waals surface area (Å²) in [5, 5.41) is 17.4. The smallest absolute Gasteiger partial charge is 0.269 e. The van der Waals surface area contributed by atoms with Crippen LogP contribution in [0.4, 0.5) is 16.5 Å². The van der Waals surface area contributed by atoms with Crippen LogP contribution in [-0.2, 0) is 0 Å². The van der Waals surface area contributed by atoms with Crippen LogP contribution in [0, 0.1) is 10.1 Å². The molecule has 0 unspecified atom stereocenters. The third kappa shape index (κ3) is 4.77. The molecule has 1 amide bonds. The van der Waals surface area contributed by atoms with E-state index < -0.39 is 4.92 Å². The van der Waals surface area contributed by atoms with Crippen LogP contribution in [-0.4, -0.2) is 29.5 Å². The number of aromatic nitrogens is 1. The average molecular weight is 410 g/mol. The molecule has 2 aromatic carbocycles. The Morgan fingerprint density at radius 1 is 1.31 bits per heavy atom. The molecule has 9 heteroatoms. The molecule has 3 rings (SSSR count). The zero-order chi connectivity index (χ0) is 20.8. The summed E-state index contributed by atoms with van der Waals surface area (Å²) in [6, 6.07) is 12.9. The van der Waals surface area contributed by atoms with Crippen LogP contribution in [0.15, 0.2) is 61.2 Å². The van der Waals surface area contributed by atoms with E-state index in [0.717, 1.165) is 0 Å². The van der Waals surface area contributed by atoms with Gasteiger partial charge in [-0.3, -0.25) is 14.9 Å². The lowest BCUT2D eigenvalue weighted by atomic mass is 10.1. The molecule has 2 N–H and O–H groups in total. The van der Waals surface area contributed by atoms with Gasteiger partial charge in [0.2, 0.25) is 0 Å². The highest BCUT2D eigenvalue weighted by Gasteiger charge is 2.20. The van der Waals surface area contributed by atoms with Gasteiger partial charge < -0.3 is 15.4 Å². The second kappa shape index (κ2) is 8.98. The lowest BCUT2D eigenvalue weighted by molar-refractivity contribution is -0.384. The van der Waals surface area contributed by atoms with Gasteiger partial charge in [0, 0.05) is 36.0 Å². The number of nitrogens with zero attached hydrogens (tertiary/aromatic N) is 2. The van der Waals surface area contributed by atoms with Crippen molar-refractivity contribution >= 4 is 33.8 Å². The van der Waals surface area contributed by atoms with Crippen LogP contribution in [0.2, 0.25) is 0 Å². The van der Waals surface area contributed by atoms with Gasteiger partial charge in [0.05, 0.1) is 17.7 Å². The Labute approximate surface area is 171 Å². The summed E-state index contributed by atoms with van der Waals surface area (Å²) in [4.78, 5) is 28.2. The summed E-state index contributed by atoms with van der Waals surface area (Å²) in [5.74, 6) is 0.284. The van der Waals surface area contributed by atoms with Crippen LogP contribution in [0.5, 0.6) is 5.75 Å². The van der Waals surface area contributed by atoms with Crippen LogP contribution in [0.1, 0.15) is 9.67 Å². The van der Waals surface area contributed by atoms with Gasteiger partial charge in [-0.1, -0.05) is 23.5 Å². The molecule has 0 saturated carbocycles. The largest absolute Gasteiger partial charge is 0.497 e. The van der Waals surface area contributed by atoms with Gasteiger partial charge in [0.1, 0.15) is 10.6 Å². The summed E-state index contributed by atoms with van der Waals surface area (Å²) in [7, 11) is 1.55. The highest BCUT2D eigenvalue weighted by Crippen LogP contribution is 2.33. The number of anilines is 2. The van der Waals surface area contributed by atoms with Crippen LogP contribution in [0.25, 0.3) is 11.3 Å². The Hall–Kier alpha value is -3.72. The summed E-state index contributed by atoms with van der Waals surface area (Å²) in [5.41, 5.74) is 1.60. The molecular weight excluding hydrogens is 392 g/mol. The standard InChI is InChI=1S/C20H18N4O4S/c1-3-11-21-20-23-17(13-7-9-15(10-8-13)24(26)27)18(29-20)19(25)22-14-5-4-6-16(12-14)28-2/h3-10,12H,1,11H2,2H3,(H,21,23)(H,22,25). The van der Waals surface area contributed by atoms with Crippen molar-refractivity contribution in [2.24, 2.45) is 0 Å². The van der Waals surface area contributed by atoms with Crippen molar-refractivity contribution in [1.82, 2.24) is 4.98 Å². The topological polar surface area (TPSA) is 106 Å². The minimum Gasteiger partial charge on any atom is -0.497 e. The van der Waals surface area contributed by atoms with Crippen molar-refractivity contribution in [1.29, 1.82) is 0 Å². The van der Waals surface area contributed by atoms with Gasteiger partial charge in [0.25, 0.3) is 11.6 Å². The second-order valence-corrected chi connectivity index (χ2v) is 6.86. The molecule has 0 fully saturated rings. The van der Waals surface area contributed by atoms with Gasteiger partial charge in [0.15, 0.2) is 5.13 Å². The minimum atomic E-state index is -0.474. The first-order valence-corrected chi connectivity index (χ1v) is 9.39. The number of nitro groups is 1. The Morgan fingerprint density at radius 3 is 2.72 bits per heavy atom. The van der Waals surface area contributed by atoms with E-state index in [2.05, 4.69) is 22.2 Å². The van der Waals surface area contributed by atoms with Gasteiger partial charge in [-0.2, -0.15) is 0 Å². The molecule has 148 valence electrons. The van der Waals surface area contributed by atoms with Crippen molar-refractivity contribution in [2.45, 2.75) is 0 Å². The SMILES string of the molecule is C=CCNc1nc(-c2ccc([N+](=O)[O-])cc2)c(C(=O)Nc2cccc(OC)c2)s1. The quantitative estimate of drug-likeness (QED) is 0.320. The summed E-state index contributed by atoms with van der Waals surface area (Å²) >= 11 is 1.19. The van der Waals surface area contributed by atoms with E-state index in [9.17, 15) is 14.9 Å². The number of rotatable bonds is 8. The molecular formula is C20H18N4O4S. The Bertz CT molecular complexity index is 1050.